The summed E-state index contributed by atoms with van der Waals surface area (Å²) in [7, 11) is 1.19. The Morgan fingerprint density at radius 3 is 2.54 bits per heavy atom. The molecule has 0 aliphatic heterocycles. The lowest BCUT2D eigenvalue weighted by Gasteiger charge is -2.14. The molecule has 0 heterocycles. The summed E-state index contributed by atoms with van der Waals surface area (Å²) in [6.07, 6.45) is -1.51. The van der Waals surface area contributed by atoms with Crippen LogP contribution in [0.1, 0.15) is 22.0 Å². The van der Waals surface area contributed by atoms with E-state index in [4.69, 9.17) is 4.74 Å². The number of non-ortho nitro benzene ring substituents is 1. The molecule has 0 saturated carbocycles. The molecule has 2 aromatic rings. The Bertz CT molecular complexity index is 875. The second kappa shape index (κ2) is 8.04. The normalized spacial score (nSPS) is 11.3. The van der Waals surface area contributed by atoms with Crippen LogP contribution in [0.5, 0.6) is 5.75 Å². The molecule has 0 spiro atoms. The molecule has 0 radical (unpaired) electrons. The van der Waals surface area contributed by atoms with Gasteiger partial charge in [-0.15, -0.1) is 0 Å². The van der Waals surface area contributed by atoms with Crippen LogP contribution in [0.4, 0.5) is 5.69 Å². The average molecular weight is 357 g/mol. The number of aliphatic hydroxyl groups is 1. The molecule has 0 aliphatic carbocycles. The van der Waals surface area contributed by atoms with E-state index in [1.54, 1.807) is 12.1 Å². The zero-order valence-electron chi connectivity index (χ0n) is 13.7. The van der Waals surface area contributed by atoms with Gasteiger partial charge in [-0.25, -0.2) is 9.59 Å². The number of nitrogens with zero attached hydrogens (tertiary/aromatic N) is 1. The first-order valence-electron chi connectivity index (χ1n) is 7.36. The lowest BCUT2D eigenvalue weighted by Crippen LogP contribution is -2.18. The van der Waals surface area contributed by atoms with E-state index >= 15 is 0 Å². The minimum atomic E-state index is -1.51. The Labute approximate surface area is 148 Å². The highest BCUT2D eigenvalue weighted by molar-refractivity contribution is 5.96. The van der Waals surface area contributed by atoms with Gasteiger partial charge in [-0.3, -0.25) is 10.1 Å². The van der Waals surface area contributed by atoms with E-state index in [0.717, 1.165) is 6.07 Å². The molecule has 2 aromatic carbocycles. The third-order valence-electron chi connectivity index (χ3n) is 3.48. The zero-order chi connectivity index (χ0) is 19.3. The average Bonchev–Trinajstić information content (AvgIpc) is 2.66. The number of esters is 2. The molecule has 1 atom stereocenters. The smallest absolute Gasteiger partial charge is 0.341 e. The number of ether oxygens (including phenoxy) is 2. The van der Waals surface area contributed by atoms with Crippen LogP contribution in [-0.2, 0) is 9.53 Å². The molecule has 0 bridgehead atoms. The maximum Gasteiger partial charge on any atom is 0.341 e. The summed E-state index contributed by atoms with van der Waals surface area (Å²) in [5.74, 6) is -1.74. The van der Waals surface area contributed by atoms with Crippen molar-refractivity contribution in [2.24, 2.45) is 0 Å². The fourth-order valence-corrected chi connectivity index (χ4v) is 2.12. The van der Waals surface area contributed by atoms with Gasteiger partial charge in [0.1, 0.15) is 17.4 Å². The topological polar surface area (TPSA) is 116 Å². The van der Waals surface area contributed by atoms with E-state index in [-0.39, 0.29) is 28.1 Å². The first kappa shape index (κ1) is 18.8. The summed E-state index contributed by atoms with van der Waals surface area (Å²) in [6.45, 7) is 3.49. The molecule has 2 rings (SSSR count). The number of hydrogen-bond acceptors (Lipinski definition) is 7. The third kappa shape index (κ3) is 4.11. The van der Waals surface area contributed by atoms with Crippen LogP contribution in [-0.4, -0.2) is 29.1 Å². The minimum absolute atomic E-state index is 0.0287. The molecule has 0 aromatic heterocycles. The SMILES string of the molecule is C=C(C(=O)Oc1ccccc1C(=O)OC)C(O)c1cccc([N+](=O)[O-])c1. The van der Waals surface area contributed by atoms with Crippen molar-refractivity contribution >= 4 is 17.6 Å². The summed E-state index contributed by atoms with van der Waals surface area (Å²) in [5, 5.41) is 21.1. The molecule has 0 saturated heterocycles. The van der Waals surface area contributed by atoms with Gasteiger partial charge in [0.2, 0.25) is 0 Å². The van der Waals surface area contributed by atoms with Gasteiger partial charge in [0.05, 0.1) is 17.6 Å². The van der Waals surface area contributed by atoms with E-state index < -0.39 is 23.0 Å². The van der Waals surface area contributed by atoms with Crippen molar-refractivity contribution < 1.29 is 29.1 Å². The Balaban J connectivity index is 2.20. The predicted octanol–water partition coefficient (Wildman–Crippen LogP) is 2.58. The largest absolute Gasteiger partial charge is 0.465 e. The number of carbonyl (C=O) groups excluding carboxylic acids is 2. The third-order valence-corrected chi connectivity index (χ3v) is 3.48. The van der Waals surface area contributed by atoms with Crippen molar-refractivity contribution in [3.8, 4) is 5.75 Å². The molecule has 0 fully saturated rings. The van der Waals surface area contributed by atoms with Gasteiger partial charge in [0.15, 0.2) is 0 Å². The number of rotatable bonds is 6. The molecule has 8 heteroatoms. The first-order chi connectivity index (χ1) is 12.3. The van der Waals surface area contributed by atoms with Gasteiger partial charge in [0, 0.05) is 12.1 Å². The second-order valence-corrected chi connectivity index (χ2v) is 5.16. The van der Waals surface area contributed by atoms with Crippen LogP contribution in [0.3, 0.4) is 0 Å². The lowest BCUT2D eigenvalue weighted by molar-refractivity contribution is -0.385. The van der Waals surface area contributed by atoms with Crippen molar-refractivity contribution in [3.63, 3.8) is 0 Å². The van der Waals surface area contributed by atoms with Gasteiger partial charge in [-0.2, -0.15) is 0 Å². The zero-order valence-corrected chi connectivity index (χ0v) is 13.7. The number of para-hydroxylation sites is 1. The van der Waals surface area contributed by atoms with E-state index in [0.29, 0.717) is 0 Å². The highest BCUT2D eigenvalue weighted by Crippen LogP contribution is 2.26. The summed E-state index contributed by atoms with van der Waals surface area (Å²) in [6, 6.07) is 11.1. The summed E-state index contributed by atoms with van der Waals surface area (Å²) < 4.78 is 9.72. The van der Waals surface area contributed by atoms with E-state index in [9.17, 15) is 24.8 Å². The summed E-state index contributed by atoms with van der Waals surface area (Å²) in [5.41, 5.74) is -0.438. The standard InChI is InChI=1S/C18H15NO7/c1-11(16(20)12-6-5-7-13(10-12)19(23)24)17(21)26-15-9-4-3-8-14(15)18(22)25-2/h3-10,16,20H,1H2,2H3. The van der Waals surface area contributed by atoms with Crippen molar-refractivity contribution in [1.82, 2.24) is 0 Å². The number of aliphatic hydroxyl groups excluding tert-OH is 1. The van der Waals surface area contributed by atoms with Crippen molar-refractivity contribution in [2.45, 2.75) is 6.10 Å². The Morgan fingerprint density at radius 2 is 1.88 bits per heavy atom. The van der Waals surface area contributed by atoms with Crippen LogP contribution in [0.15, 0.2) is 60.7 Å². The number of benzene rings is 2. The van der Waals surface area contributed by atoms with E-state index in [1.165, 1.54) is 37.4 Å². The molecule has 1 N–H and O–H groups in total. The number of carbonyl (C=O) groups is 2. The number of methoxy groups -OCH3 is 1. The highest BCUT2D eigenvalue weighted by atomic mass is 16.6. The lowest BCUT2D eigenvalue weighted by atomic mass is 10.0. The van der Waals surface area contributed by atoms with Crippen LogP contribution >= 0.6 is 0 Å². The van der Waals surface area contributed by atoms with Gasteiger partial charge < -0.3 is 14.6 Å². The molecule has 0 amide bonds. The number of nitro benzene ring substituents is 1. The van der Waals surface area contributed by atoms with E-state index in [2.05, 4.69) is 11.3 Å². The first-order valence-corrected chi connectivity index (χ1v) is 7.36. The Hall–Kier alpha value is -3.52. The van der Waals surface area contributed by atoms with Crippen LogP contribution in [0.2, 0.25) is 0 Å². The molecular formula is C18H15NO7. The molecule has 8 nitrogen and oxygen atoms in total. The number of nitro groups is 1. The summed E-state index contributed by atoms with van der Waals surface area (Å²) in [4.78, 5) is 34.1. The summed E-state index contributed by atoms with van der Waals surface area (Å²) >= 11 is 0. The van der Waals surface area contributed by atoms with Gasteiger partial charge in [0.25, 0.3) is 5.69 Å². The van der Waals surface area contributed by atoms with Crippen molar-refractivity contribution in [2.75, 3.05) is 7.11 Å². The Kier molecular flexibility index (Phi) is 5.82. The number of hydrogen-bond donors (Lipinski definition) is 1. The van der Waals surface area contributed by atoms with Gasteiger partial charge >= 0.3 is 11.9 Å². The molecule has 26 heavy (non-hydrogen) atoms. The van der Waals surface area contributed by atoms with Gasteiger partial charge in [-0.05, 0) is 17.7 Å². The fraction of sp³-hybridized carbons (Fsp3) is 0.111. The molecule has 134 valence electrons. The van der Waals surface area contributed by atoms with Crippen LogP contribution in [0, 0.1) is 10.1 Å². The maximum absolute atomic E-state index is 12.2. The highest BCUT2D eigenvalue weighted by Gasteiger charge is 2.23. The van der Waals surface area contributed by atoms with Crippen LogP contribution in [0.25, 0.3) is 0 Å². The molecular weight excluding hydrogens is 342 g/mol. The van der Waals surface area contributed by atoms with E-state index in [1.807, 2.05) is 0 Å². The van der Waals surface area contributed by atoms with Crippen LogP contribution < -0.4 is 4.74 Å². The quantitative estimate of drug-likeness (QED) is 0.278. The van der Waals surface area contributed by atoms with Crippen molar-refractivity contribution in [3.05, 3.63) is 81.9 Å². The second-order valence-electron chi connectivity index (χ2n) is 5.16. The van der Waals surface area contributed by atoms with Gasteiger partial charge in [-0.1, -0.05) is 30.8 Å². The minimum Gasteiger partial charge on any atom is -0.465 e. The molecule has 0 aliphatic rings. The molecule has 1 unspecified atom stereocenters. The predicted molar refractivity (Wildman–Crippen MR) is 90.6 cm³/mol. The monoisotopic (exact) mass is 357 g/mol. The maximum atomic E-state index is 12.2. The Morgan fingerprint density at radius 1 is 1.19 bits per heavy atom. The fourth-order valence-electron chi connectivity index (χ4n) is 2.12. The van der Waals surface area contributed by atoms with Crippen molar-refractivity contribution in [1.29, 1.82) is 0 Å².